The molecule has 1 aliphatic heterocycles. The molecule has 2 aromatic rings. The maximum Gasteiger partial charge on any atom is 0.410 e. The van der Waals surface area contributed by atoms with Crippen LogP contribution < -0.4 is 4.74 Å². The number of carbonyl (C=O) groups excluding carboxylic acids is 1. The van der Waals surface area contributed by atoms with E-state index in [-0.39, 0.29) is 12.2 Å². The summed E-state index contributed by atoms with van der Waals surface area (Å²) in [7, 11) is 0. The molecule has 1 atom stereocenters. The number of carbonyl (C=O) groups is 1. The van der Waals surface area contributed by atoms with Gasteiger partial charge in [-0.15, -0.1) is 0 Å². The molecule has 1 fully saturated rings. The predicted octanol–water partition coefficient (Wildman–Crippen LogP) is 5.25. The van der Waals surface area contributed by atoms with Crippen LogP contribution in [0.2, 0.25) is 0 Å². The van der Waals surface area contributed by atoms with Crippen molar-refractivity contribution in [3.63, 3.8) is 0 Å². The van der Waals surface area contributed by atoms with Crippen LogP contribution in [0.25, 0.3) is 0 Å². The Balaban J connectivity index is 1.31. The highest BCUT2D eigenvalue weighted by Gasteiger charge is 2.33. The van der Waals surface area contributed by atoms with Crippen molar-refractivity contribution >= 4 is 6.09 Å². The smallest absolute Gasteiger partial charge is 0.410 e. The number of allylic oxidation sites excluding steroid dienone is 3. The third-order valence-electron chi connectivity index (χ3n) is 5.13. The molecule has 0 spiro atoms. The highest BCUT2D eigenvalue weighted by molar-refractivity contribution is 5.70. The number of amides is 1. The maximum atomic E-state index is 12.3. The summed E-state index contributed by atoms with van der Waals surface area (Å²) in [6.07, 6.45) is 9.16. The standard InChI is InChI=1S/C24H25NO3/c26-24-25(17-23(28-24)21-8-4-1-2-5-9-21)16-19-12-14-20(15-13-19)18-27-22-10-6-3-7-11-22/h1-3,6-8,10-15,23H,4-5,9,16-18H2/t23-/m0/s1. The Kier molecular flexibility index (Phi) is 5.76. The first-order valence-electron chi connectivity index (χ1n) is 9.83. The van der Waals surface area contributed by atoms with Crippen molar-refractivity contribution in [2.75, 3.05) is 6.54 Å². The normalized spacial score (nSPS) is 19.1. The molecule has 1 amide bonds. The number of para-hydroxylation sites is 1. The van der Waals surface area contributed by atoms with Crippen LogP contribution in [-0.4, -0.2) is 23.6 Å². The number of nitrogens with zero attached hydrogens (tertiary/aromatic N) is 1. The summed E-state index contributed by atoms with van der Waals surface area (Å²) in [6, 6.07) is 18.0. The summed E-state index contributed by atoms with van der Waals surface area (Å²) in [5.74, 6) is 0.862. The van der Waals surface area contributed by atoms with Crippen molar-refractivity contribution in [2.45, 2.75) is 38.5 Å². The Morgan fingerprint density at radius 2 is 1.79 bits per heavy atom. The molecule has 4 nitrogen and oxygen atoms in total. The SMILES string of the molecule is O=C1O[C@H](C2=CCC=CCC2)CN1Cc1ccc(COc2ccccc2)cc1. The minimum Gasteiger partial charge on any atom is -0.489 e. The van der Waals surface area contributed by atoms with Crippen molar-refractivity contribution in [3.8, 4) is 5.75 Å². The fourth-order valence-electron chi connectivity index (χ4n) is 3.55. The van der Waals surface area contributed by atoms with Gasteiger partial charge < -0.3 is 9.47 Å². The van der Waals surface area contributed by atoms with Crippen LogP contribution >= 0.6 is 0 Å². The summed E-state index contributed by atoms with van der Waals surface area (Å²) in [4.78, 5) is 14.1. The Hall–Kier alpha value is -3.01. The summed E-state index contributed by atoms with van der Waals surface area (Å²) in [6.45, 7) is 1.73. The Morgan fingerprint density at radius 1 is 1.00 bits per heavy atom. The molecule has 2 aromatic carbocycles. The lowest BCUT2D eigenvalue weighted by Crippen LogP contribution is -2.25. The molecule has 28 heavy (non-hydrogen) atoms. The molecule has 0 saturated carbocycles. The topological polar surface area (TPSA) is 38.8 Å². The highest BCUT2D eigenvalue weighted by atomic mass is 16.6. The first kappa shape index (κ1) is 18.4. The second-order valence-electron chi connectivity index (χ2n) is 7.20. The molecule has 144 valence electrons. The van der Waals surface area contributed by atoms with Crippen molar-refractivity contribution in [1.29, 1.82) is 0 Å². The molecule has 4 heteroatoms. The maximum absolute atomic E-state index is 12.3. The van der Waals surface area contributed by atoms with E-state index in [9.17, 15) is 4.79 Å². The largest absolute Gasteiger partial charge is 0.489 e. The lowest BCUT2D eigenvalue weighted by atomic mass is 10.0. The molecule has 1 aliphatic carbocycles. The van der Waals surface area contributed by atoms with Gasteiger partial charge in [0.15, 0.2) is 0 Å². The van der Waals surface area contributed by atoms with Gasteiger partial charge in [-0.05, 0) is 48.1 Å². The van der Waals surface area contributed by atoms with E-state index in [4.69, 9.17) is 9.47 Å². The van der Waals surface area contributed by atoms with E-state index in [2.05, 4.69) is 42.5 Å². The summed E-state index contributed by atoms with van der Waals surface area (Å²) < 4.78 is 11.4. The second-order valence-corrected chi connectivity index (χ2v) is 7.20. The lowest BCUT2D eigenvalue weighted by Gasteiger charge is -2.14. The van der Waals surface area contributed by atoms with Gasteiger partial charge in [0.05, 0.1) is 6.54 Å². The highest BCUT2D eigenvalue weighted by Crippen LogP contribution is 2.25. The lowest BCUT2D eigenvalue weighted by molar-refractivity contribution is 0.141. The number of cyclic esters (lactones) is 1. The second kappa shape index (κ2) is 8.79. The van der Waals surface area contributed by atoms with Crippen LogP contribution in [0.3, 0.4) is 0 Å². The summed E-state index contributed by atoms with van der Waals surface area (Å²) in [5.41, 5.74) is 3.44. The minimum absolute atomic E-state index is 0.106. The van der Waals surface area contributed by atoms with E-state index in [1.807, 2.05) is 30.3 Å². The van der Waals surface area contributed by atoms with Gasteiger partial charge >= 0.3 is 6.09 Å². The van der Waals surface area contributed by atoms with E-state index in [0.29, 0.717) is 19.7 Å². The van der Waals surface area contributed by atoms with E-state index in [0.717, 1.165) is 36.1 Å². The fraction of sp³-hybridized carbons (Fsp3) is 0.292. The van der Waals surface area contributed by atoms with Crippen molar-refractivity contribution < 1.29 is 14.3 Å². The van der Waals surface area contributed by atoms with Crippen LogP contribution in [0.5, 0.6) is 5.75 Å². The van der Waals surface area contributed by atoms with E-state index in [1.54, 1.807) is 4.90 Å². The van der Waals surface area contributed by atoms with Gasteiger partial charge in [0.1, 0.15) is 18.5 Å². The van der Waals surface area contributed by atoms with Crippen LogP contribution in [0.4, 0.5) is 4.79 Å². The number of hydrogen-bond acceptors (Lipinski definition) is 3. The zero-order valence-corrected chi connectivity index (χ0v) is 15.9. The average molecular weight is 375 g/mol. The quantitative estimate of drug-likeness (QED) is 0.647. The van der Waals surface area contributed by atoms with E-state index < -0.39 is 0 Å². The first-order chi connectivity index (χ1) is 13.8. The number of rotatable bonds is 6. The van der Waals surface area contributed by atoms with Gasteiger partial charge in [0.25, 0.3) is 0 Å². The van der Waals surface area contributed by atoms with Crippen molar-refractivity contribution in [1.82, 2.24) is 4.90 Å². The molecule has 0 aromatic heterocycles. The number of ether oxygens (including phenoxy) is 2. The molecular weight excluding hydrogens is 350 g/mol. The Morgan fingerprint density at radius 3 is 2.61 bits per heavy atom. The zero-order valence-electron chi connectivity index (χ0n) is 15.9. The molecule has 1 saturated heterocycles. The Labute approximate surface area is 166 Å². The third-order valence-corrected chi connectivity index (χ3v) is 5.13. The van der Waals surface area contributed by atoms with Gasteiger partial charge in [-0.2, -0.15) is 0 Å². The van der Waals surface area contributed by atoms with Crippen molar-refractivity contribution in [3.05, 3.63) is 89.5 Å². The molecule has 1 heterocycles. The Bertz CT molecular complexity index is 855. The average Bonchev–Trinajstić information content (AvgIpc) is 2.93. The van der Waals surface area contributed by atoms with E-state index >= 15 is 0 Å². The summed E-state index contributed by atoms with van der Waals surface area (Å²) >= 11 is 0. The van der Waals surface area contributed by atoms with Crippen molar-refractivity contribution in [2.24, 2.45) is 0 Å². The van der Waals surface area contributed by atoms with Gasteiger partial charge in [-0.3, -0.25) is 4.90 Å². The van der Waals surface area contributed by atoms with Gasteiger partial charge in [0.2, 0.25) is 0 Å². The third kappa shape index (κ3) is 4.63. The molecule has 4 rings (SSSR count). The van der Waals surface area contributed by atoms with E-state index in [1.165, 1.54) is 5.57 Å². The molecule has 0 bridgehead atoms. The summed E-state index contributed by atoms with van der Waals surface area (Å²) in [5, 5.41) is 0. The van der Waals surface area contributed by atoms with Gasteiger partial charge in [-0.1, -0.05) is 60.7 Å². The molecule has 0 unspecified atom stereocenters. The molecule has 2 aliphatic rings. The van der Waals surface area contributed by atoms with Crippen LogP contribution in [0.15, 0.2) is 78.4 Å². The first-order valence-corrected chi connectivity index (χ1v) is 9.83. The van der Waals surface area contributed by atoms with Crippen LogP contribution in [-0.2, 0) is 17.9 Å². The van der Waals surface area contributed by atoms with Gasteiger partial charge in [-0.25, -0.2) is 4.79 Å². The fourth-order valence-corrected chi connectivity index (χ4v) is 3.55. The minimum atomic E-state index is -0.223. The zero-order chi connectivity index (χ0) is 19.2. The van der Waals surface area contributed by atoms with Gasteiger partial charge in [0, 0.05) is 6.54 Å². The monoisotopic (exact) mass is 375 g/mol. The number of benzene rings is 2. The molecular formula is C24H25NO3. The van der Waals surface area contributed by atoms with Crippen LogP contribution in [0, 0.1) is 0 Å². The molecule has 0 N–H and O–H groups in total. The predicted molar refractivity (Wildman–Crippen MR) is 109 cm³/mol. The molecule has 0 radical (unpaired) electrons. The van der Waals surface area contributed by atoms with Crippen LogP contribution in [0.1, 0.15) is 30.4 Å². The number of hydrogen-bond donors (Lipinski definition) is 0.